The Morgan fingerprint density at radius 2 is 1.88 bits per heavy atom. The third-order valence-corrected chi connectivity index (χ3v) is 4.47. The molecule has 0 atom stereocenters. The molecule has 3 aromatic rings. The van der Waals surface area contributed by atoms with Gasteiger partial charge in [0.25, 0.3) is 0 Å². The Labute approximate surface area is 147 Å². The largest absolute Gasteiger partial charge is 0.439 e. The number of pyridine rings is 1. The Hall–Kier alpha value is -2.41. The fourth-order valence-corrected chi connectivity index (χ4v) is 2.98. The monoisotopic (exact) mass is 364 g/mol. The van der Waals surface area contributed by atoms with E-state index in [0.29, 0.717) is 5.75 Å². The Kier molecular flexibility index (Phi) is 5.03. The van der Waals surface area contributed by atoms with E-state index in [4.69, 9.17) is 4.74 Å². The molecular weight excluding hydrogens is 349 g/mol. The third kappa shape index (κ3) is 4.57. The SMILES string of the molecule is Cc1cc(CCc2nccs2)ccc1Oc1cc(C(F)(F)F)ccn1. The van der Waals surface area contributed by atoms with E-state index in [9.17, 15) is 13.2 Å². The average molecular weight is 364 g/mol. The molecule has 0 N–H and O–H groups in total. The van der Waals surface area contributed by atoms with E-state index >= 15 is 0 Å². The summed E-state index contributed by atoms with van der Waals surface area (Å²) in [6.45, 7) is 1.86. The molecule has 0 saturated heterocycles. The number of benzene rings is 1. The molecule has 7 heteroatoms. The smallest absolute Gasteiger partial charge is 0.416 e. The molecule has 0 amide bonds. The summed E-state index contributed by atoms with van der Waals surface area (Å²) in [5.41, 5.74) is 1.18. The fourth-order valence-electron chi connectivity index (χ4n) is 2.36. The predicted octanol–water partition coefficient (Wildman–Crippen LogP) is 5.44. The number of nitrogens with zero attached hydrogens (tertiary/aromatic N) is 2. The molecule has 0 radical (unpaired) electrons. The maximum Gasteiger partial charge on any atom is 0.416 e. The summed E-state index contributed by atoms with van der Waals surface area (Å²) in [5.74, 6) is 0.415. The lowest BCUT2D eigenvalue weighted by atomic mass is 10.1. The van der Waals surface area contributed by atoms with Crippen LogP contribution in [-0.2, 0) is 19.0 Å². The summed E-state index contributed by atoms with van der Waals surface area (Å²) < 4.78 is 43.8. The highest BCUT2D eigenvalue weighted by atomic mass is 32.1. The molecule has 0 bridgehead atoms. The number of thiazole rings is 1. The van der Waals surface area contributed by atoms with Crippen molar-refractivity contribution in [2.24, 2.45) is 0 Å². The first-order valence-electron chi connectivity index (χ1n) is 7.61. The normalized spacial score (nSPS) is 11.5. The van der Waals surface area contributed by atoms with Crippen LogP contribution in [0.15, 0.2) is 48.1 Å². The topological polar surface area (TPSA) is 35.0 Å². The van der Waals surface area contributed by atoms with E-state index in [2.05, 4.69) is 9.97 Å². The van der Waals surface area contributed by atoms with E-state index in [1.54, 1.807) is 23.6 Å². The molecule has 3 nitrogen and oxygen atoms in total. The zero-order valence-electron chi connectivity index (χ0n) is 13.4. The maximum atomic E-state index is 12.8. The molecule has 0 fully saturated rings. The zero-order valence-corrected chi connectivity index (χ0v) is 14.2. The molecule has 1 aromatic carbocycles. The van der Waals surface area contributed by atoms with Gasteiger partial charge >= 0.3 is 6.18 Å². The summed E-state index contributed by atoms with van der Waals surface area (Å²) in [6.07, 6.45) is 0.152. The minimum absolute atomic E-state index is 0.0755. The minimum Gasteiger partial charge on any atom is -0.439 e. The first kappa shape index (κ1) is 17.4. The van der Waals surface area contributed by atoms with Crippen molar-refractivity contribution in [2.75, 3.05) is 0 Å². The molecule has 0 unspecified atom stereocenters. The van der Waals surface area contributed by atoms with Crippen LogP contribution in [0.2, 0.25) is 0 Å². The fraction of sp³-hybridized carbons (Fsp3) is 0.222. The van der Waals surface area contributed by atoms with Crippen LogP contribution >= 0.6 is 11.3 Å². The summed E-state index contributed by atoms with van der Waals surface area (Å²) in [6, 6.07) is 7.45. The van der Waals surface area contributed by atoms with Gasteiger partial charge in [0.05, 0.1) is 10.6 Å². The summed E-state index contributed by atoms with van der Waals surface area (Å²) in [4.78, 5) is 8.10. The van der Waals surface area contributed by atoms with Crippen molar-refractivity contribution >= 4 is 11.3 Å². The molecule has 0 aliphatic heterocycles. The molecule has 130 valence electrons. The lowest BCUT2D eigenvalue weighted by Crippen LogP contribution is -2.05. The van der Waals surface area contributed by atoms with Crippen molar-refractivity contribution in [2.45, 2.75) is 25.9 Å². The Bertz CT molecular complexity index is 848. The van der Waals surface area contributed by atoms with Crippen molar-refractivity contribution in [3.8, 4) is 11.6 Å². The molecule has 0 spiro atoms. The van der Waals surface area contributed by atoms with Gasteiger partial charge in [-0.25, -0.2) is 9.97 Å². The highest BCUT2D eigenvalue weighted by molar-refractivity contribution is 7.09. The van der Waals surface area contributed by atoms with E-state index in [1.807, 2.05) is 24.4 Å². The van der Waals surface area contributed by atoms with E-state index < -0.39 is 11.7 Å². The van der Waals surface area contributed by atoms with Crippen molar-refractivity contribution in [3.05, 3.63) is 69.8 Å². The number of ether oxygens (including phenoxy) is 1. The Balaban J connectivity index is 1.71. The van der Waals surface area contributed by atoms with Crippen LogP contribution < -0.4 is 4.74 Å². The van der Waals surface area contributed by atoms with Gasteiger partial charge in [-0.3, -0.25) is 0 Å². The van der Waals surface area contributed by atoms with Gasteiger partial charge < -0.3 is 4.74 Å². The van der Waals surface area contributed by atoms with Crippen LogP contribution in [0.4, 0.5) is 13.2 Å². The number of hydrogen-bond donors (Lipinski definition) is 0. The third-order valence-electron chi connectivity index (χ3n) is 3.63. The van der Waals surface area contributed by atoms with Crippen molar-refractivity contribution in [1.29, 1.82) is 0 Å². The molecule has 25 heavy (non-hydrogen) atoms. The predicted molar refractivity (Wildman–Crippen MR) is 90.0 cm³/mol. The van der Waals surface area contributed by atoms with E-state index in [0.717, 1.165) is 47.3 Å². The number of aryl methyl sites for hydroxylation is 3. The molecular formula is C18H15F3N2OS. The number of aromatic nitrogens is 2. The van der Waals surface area contributed by atoms with Crippen LogP contribution in [0.1, 0.15) is 21.7 Å². The lowest BCUT2D eigenvalue weighted by molar-refractivity contribution is -0.137. The van der Waals surface area contributed by atoms with Crippen molar-refractivity contribution in [3.63, 3.8) is 0 Å². The number of rotatable bonds is 5. The Morgan fingerprint density at radius 3 is 2.56 bits per heavy atom. The zero-order chi connectivity index (χ0) is 17.9. The molecule has 0 aliphatic carbocycles. The van der Waals surface area contributed by atoms with Crippen LogP contribution in [0.25, 0.3) is 0 Å². The van der Waals surface area contributed by atoms with Crippen molar-refractivity contribution in [1.82, 2.24) is 9.97 Å². The van der Waals surface area contributed by atoms with Crippen molar-refractivity contribution < 1.29 is 17.9 Å². The molecule has 2 aromatic heterocycles. The van der Waals surface area contributed by atoms with Gasteiger partial charge in [0, 0.05) is 30.3 Å². The van der Waals surface area contributed by atoms with E-state index in [-0.39, 0.29) is 5.88 Å². The minimum atomic E-state index is -4.42. The Morgan fingerprint density at radius 1 is 1.04 bits per heavy atom. The molecule has 0 saturated carbocycles. The summed E-state index contributed by atoms with van der Waals surface area (Å²) in [7, 11) is 0. The van der Waals surface area contributed by atoms with Gasteiger partial charge in [-0.1, -0.05) is 12.1 Å². The van der Waals surface area contributed by atoms with Gasteiger partial charge in [-0.15, -0.1) is 11.3 Å². The van der Waals surface area contributed by atoms with Gasteiger partial charge in [0.15, 0.2) is 0 Å². The van der Waals surface area contributed by atoms with Gasteiger partial charge in [0.2, 0.25) is 5.88 Å². The van der Waals surface area contributed by atoms with Crippen LogP contribution in [0.3, 0.4) is 0 Å². The molecule has 0 aliphatic rings. The van der Waals surface area contributed by atoms with Crippen LogP contribution in [-0.4, -0.2) is 9.97 Å². The van der Waals surface area contributed by atoms with Crippen LogP contribution in [0.5, 0.6) is 11.6 Å². The summed E-state index contributed by atoms with van der Waals surface area (Å²) in [5, 5.41) is 3.02. The highest BCUT2D eigenvalue weighted by Crippen LogP contribution is 2.32. The number of alkyl halides is 3. The molecule has 2 heterocycles. The standard InChI is InChI=1S/C18H15F3N2OS/c1-12-10-13(3-5-17-23-8-9-25-17)2-4-15(12)24-16-11-14(6-7-22-16)18(19,20)21/h2,4,6-11H,3,5H2,1H3. The van der Waals surface area contributed by atoms with Gasteiger partial charge in [-0.2, -0.15) is 13.2 Å². The lowest BCUT2D eigenvalue weighted by Gasteiger charge is -2.11. The number of halogens is 3. The first-order valence-corrected chi connectivity index (χ1v) is 8.49. The quantitative estimate of drug-likeness (QED) is 0.604. The summed E-state index contributed by atoms with van der Waals surface area (Å²) >= 11 is 1.62. The van der Waals surface area contributed by atoms with E-state index in [1.165, 1.54) is 0 Å². The second-order valence-corrected chi connectivity index (χ2v) is 6.49. The van der Waals surface area contributed by atoms with Gasteiger partial charge in [0.1, 0.15) is 5.75 Å². The second-order valence-electron chi connectivity index (χ2n) is 5.51. The van der Waals surface area contributed by atoms with Crippen LogP contribution in [0, 0.1) is 6.92 Å². The first-order chi connectivity index (χ1) is 11.9. The average Bonchev–Trinajstić information content (AvgIpc) is 3.08. The maximum absolute atomic E-state index is 12.8. The van der Waals surface area contributed by atoms with Gasteiger partial charge in [-0.05, 0) is 36.6 Å². The molecule has 3 rings (SSSR count). The second kappa shape index (κ2) is 7.23. The highest BCUT2D eigenvalue weighted by Gasteiger charge is 2.31. The number of hydrogen-bond acceptors (Lipinski definition) is 4.